The van der Waals surface area contributed by atoms with Gasteiger partial charge < -0.3 is 0 Å². The van der Waals surface area contributed by atoms with Gasteiger partial charge in [-0.15, -0.1) is 0 Å². The first kappa shape index (κ1) is 6.22. The van der Waals surface area contributed by atoms with Crippen molar-refractivity contribution in [2.75, 3.05) is 0 Å². The number of hydrogen-bond donors (Lipinski definition) is 0. The standard InChI is InChI=1S/C9H7.Al/c1-2-5-9-7-3-6-8(9)4-1;/h1-7H;. The summed E-state index contributed by atoms with van der Waals surface area (Å²) in [6.07, 6.45) is 4.38. The predicted molar refractivity (Wildman–Crippen MR) is 44.0 cm³/mol. The van der Waals surface area contributed by atoms with Gasteiger partial charge in [0.15, 0.2) is 0 Å². The van der Waals surface area contributed by atoms with Crippen molar-refractivity contribution >= 4 is 22.4 Å². The van der Waals surface area contributed by atoms with Gasteiger partial charge in [0.05, 0.1) is 0 Å². The molecule has 2 rings (SSSR count). The Balaban J connectivity index is 2.59. The Hall–Kier alpha value is -0.508. The fraction of sp³-hybridized carbons (Fsp3) is 0.111. The van der Waals surface area contributed by atoms with Gasteiger partial charge in [-0.1, -0.05) is 41.2 Å². The minimum absolute atomic E-state index is 0.538. The number of hydrogen-bond acceptors (Lipinski definition) is 0. The lowest BCUT2D eigenvalue weighted by Crippen LogP contribution is -1.89. The largest absolute Gasteiger partial charge is 0.138 e. The van der Waals surface area contributed by atoms with Crippen molar-refractivity contribution in [3.05, 3.63) is 41.5 Å². The molecule has 10 heavy (non-hydrogen) atoms. The zero-order chi connectivity index (χ0) is 6.97. The molecule has 0 saturated heterocycles. The first-order valence-electron chi connectivity index (χ1n) is 3.40. The van der Waals surface area contributed by atoms with Gasteiger partial charge in [0.1, 0.15) is 16.3 Å². The van der Waals surface area contributed by atoms with E-state index in [4.69, 9.17) is 0 Å². The lowest BCUT2D eigenvalue weighted by Gasteiger charge is -2.02. The molecule has 0 saturated carbocycles. The van der Waals surface area contributed by atoms with E-state index in [2.05, 4.69) is 52.7 Å². The summed E-state index contributed by atoms with van der Waals surface area (Å²) < 4.78 is 0.538. The Labute approximate surface area is 69.0 Å². The Morgan fingerprint density at radius 3 is 2.80 bits per heavy atom. The number of benzene rings is 1. The quantitative estimate of drug-likeness (QED) is 0.485. The summed E-state index contributed by atoms with van der Waals surface area (Å²) >= 11 is 2.81. The Morgan fingerprint density at radius 2 is 2.00 bits per heavy atom. The first-order valence-corrected chi connectivity index (χ1v) is 4.07. The van der Waals surface area contributed by atoms with Crippen LogP contribution in [0.3, 0.4) is 0 Å². The molecule has 0 bridgehead atoms. The third-order valence-corrected chi connectivity index (χ3v) is 2.42. The highest BCUT2D eigenvalue weighted by Gasteiger charge is 2.08. The fourth-order valence-electron chi connectivity index (χ4n) is 1.28. The molecule has 0 N–H and O–H groups in total. The summed E-state index contributed by atoms with van der Waals surface area (Å²) in [6.45, 7) is 0. The van der Waals surface area contributed by atoms with Gasteiger partial charge in [-0.05, 0) is 11.1 Å². The lowest BCUT2D eigenvalue weighted by atomic mass is 10.1. The molecule has 1 aromatic rings. The summed E-state index contributed by atoms with van der Waals surface area (Å²) in [5.41, 5.74) is 2.79. The second-order valence-electron chi connectivity index (χ2n) is 2.51. The minimum Gasteiger partial charge on any atom is -0.0921 e. The van der Waals surface area contributed by atoms with Crippen molar-refractivity contribution < 1.29 is 0 Å². The van der Waals surface area contributed by atoms with Gasteiger partial charge in [-0.25, -0.2) is 0 Å². The Morgan fingerprint density at radius 1 is 1.20 bits per heavy atom. The molecule has 1 heteroatoms. The maximum atomic E-state index is 2.81. The molecule has 1 aliphatic rings. The zero-order valence-electron chi connectivity index (χ0n) is 5.62. The van der Waals surface area contributed by atoms with Crippen molar-refractivity contribution in [3.8, 4) is 0 Å². The highest BCUT2D eigenvalue weighted by molar-refractivity contribution is 6.15. The van der Waals surface area contributed by atoms with E-state index < -0.39 is 0 Å². The average molecular weight is 142 g/mol. The molecule has 2 radical (unpaired) electrons. The lowest BCUT2D eigenvalue weighted by molar-refractivity contribution is 1.25. The smallest absolute Gasteiger partial charge is 0.0921 e. The van der Waals surface area contributed by atoms with Crippen LogP contribution in [0.2, 0.25) is 0 Å². The van der Waals surface area contributed by atoms with Crippen molar-refractivity contribution in [2.24, 2.45) is 0 Å². The molecule has 0 amide bonds. The maximum Gasteiger partial charge on any atom is 0.138 e. The molecule has 0 nitrogen and oxygen atoms in total. The van der Waals surface area contributed by atoms with Gasteiger partial charge in [0.2, 0.25) is 0 Å². The van der Waals surface area contributed by atoms with Crippen molar-refractivity contribution in [3.63, 3.8) is 0 Å². The predicted octanol–water partition coefficient (Wildman–Crippen LogP) is 1.92. The monoisotopic (exact) mass is 142 g/mol. The van der Waals surface area contributed by atoms with E-state index >= 15 is 0 Å². The molecular formula is C9H7Al. The average Bonchev–Trinajstić information content (AvgIpc) is 2.34. The number of fused-ring (bicyclic) bond motifs is 1. The zero-order valence-corrected chi connectivity index (χ0v) is 6.77. The van der Waals surface area contributed by atoms with Crippen LogP contribution in [-0.2, 0) is 0 Å². The minimum atomic E-state index is 0.538. The Bertz CT molecular complexity index is 276. The topological polar surface area (TPSA) is 0 Å². The fourth-order valence-corrected chi connectivity index (χ4v) is 1.69. The van der Waals surface area contributed by atoms with E-state index in [1.165, 1.54) is 11.1 Å². The maximum absolute atomic E-state index is 2.81. The van der Waals surface area contributed by atoms with Crippen LogP contribution in [0.1, 0.15) is 15.9 Å². The van der Waals surface area contributed by atoms with Crippen LogP contribution in [-0.4, -0.2) is 16.3 Å². The van der Waals surface area contributed by atoms with Crippen LogP contribution in [0.5, 0.6) is 0 Å². The second-order valence-corrected chi connectivity index (χ2v) is 3.23. The van der Waals surface area contributed by atoms with Crippen LogP contribution in [0, 0.1) is 0 Å². The van der Waals surface area contributed by atoms with Crippen molar-refractivity contribution in [1.29, 1.82) is 0 Å². The molecule has 0 spiro atoms. The van der Waals surface area contributed by atoms with Crippen LogP contribution in [0.4, 0.5) is 0 Å². The van der Waals surface area contributed by atoms with Gasteiger partial charge in [0, 0.05) is 0 Å². The molecule has 0 aromatic heterocycles. The van der Waals surface area contributed by atoms with E-state index in [1.807, 2.05) is 0 Å². The van der Waals surface area contributed by atoms with E-state index in [0.717, 1.165) is 0 Å². The van der Waals surface area contributed by atoms with E-state index in [1.54, 1.807) is 0 Å². The molecule has 0 aliphatic heterocycles. The molecule has 1 atom stereocenters. The third-order valence-electron chi connectivity index (χ3n) is 1.84. The van der Waals surface area contributed by atoms with Crippen LogP contribution in [0.25, 0.3) is 6.08 Å². The Kier molecular flexibility index (Phi) is 1.41. The van der Waals surface area contributed by atoms with E-state index in [0.29, 0.717) is 4.78 Å². The second kappa shape index (κ2) is 2.27. The molecule has 46 valence electrons. The van der Waals surface area contributed by atoms with Crippen LogP contribution < -0.4 is 0 Å². The highest BCUT2D eigenvalue weighted by atomic mass is 27.0. The van der Waals surface area contributed by atoms with E-state index in [9.17, 15) is 0 Å². The summed E-state index contributed by atoms with van der Waals surface area (Å²) in [4.78, 5) is 0. The molecule has 1 aliphatic carbocycles. The molecule has 0 fully saturated rings. The molecular weight excluding hydrogens is 135 g/mol. The van der Waals surface area contributed by atoms with Gasteiger partial charge in [-0.2, -0.15) is 0 Å². The summed E-state index contributed by atoms with van der Waals surface area (Å²) in [5, 5.41) is 0. The summed E-state index contributed by atoms with van der Waals surface area (Å²) in [5.74, 6) is 0. The van der Waals surface area contributed by atoms with Gasteiger partial charge in [0.25, 0.3) is 0 Å². The number of allylic oxidation sites excluding steroid dienone is 1. The summed E-state index contributed by atoms with van der Waals surface area (Å²) in [6, 6.07) is 8.48. The third kappa shape index (κ3) is 0.831. The highest BCUT2D eigenvalue weighted by Crippen LogP contribution is 2.26. The summed E-state index contributed by atoms with van der Waals surface area (Å²) in [7, 11) is 0. The van der Waals surface area contributed by atoms with Crippen molar-refractivity contribution in [2.45, 2.75) is 4.78 Å². The van der Waals surface area contributed by atoms with Gasteiger partial charge >= 0.3 is 0 Å². The molecule has 0 heterocycles. The van der Waals surface area contributed by atoms with Crippen LogP contribution >= 0.6 is 0 Å². The van der Waals surface area contributed by atoms with Crippen LogP contribution in [0.15, 0.2) is 30.3 Å². The normalized spacial score (nSPS) is 21.0. The van der Waals surface area contributed by atoms with Crippen molar-refractivity contribution in [1.82, 2.24) is 0 Å². The van der Waals surface area contributed by atoms with Gasteiger partial charge in [-0.3, -0.25) is 0 Å². The van der Waals surface area contributed by atoms with E-state index in [-0.39, 0.29) is 0 Å². The SMILES string of the molecule is [Al][CH]1C=Cc2ccccc21. The number of rotatable bonds is 0. The molecule has 1 unspecified atom stereocenters. The molecule has 1 aromatic carbocycles. The first-order chi connectivity index (χ1) is 4.88.